The highest BCUT2D eigenvalue weighted by Crippen LogP contribution is 2.22. The van der Waals surface area contributed by atoms with Gasteiger partial charge >= 0.3 is 5.97 Å². The maximum atomic E-state index is 11.6. The largest absolute Gasteiger partial charge is 0.481 e. The third kappa shape index (κ3) is 3.48. The third-order valence-corrected chi connectivity index (χ3v) is 2.53. The number of ether oxygens (including phenoxy) is 1. The predicted molar refractivity (Wildman–Crippen MR) is 58.0 cm³/mol. The SMILES string of the molecule is CC(C)CN1CC(C)(CC(=O)O)OCC1=O. The van der Waals surface area contributed by atoms with Gasteiger partial charge in [0.15, 0.2) is 0 Å². The second-order valence-electron chi connectivity index (χ2n) is 4.98. The van der Waals surface area contributed by atoms with Gasteiger partial charge in [-0.25, -0.2) is 0 Å². The maximum absolute atomic E-state index is 11.6. The molecule has 1 aliphatic heterocycles. The Hall–Kier alpha value is -1.10. The van der Waals surface area contributed by atoms with Crippen molar-refractivity contribution in [3.05, 3.63) is 0 Å². The highest BCUT2D eigenvalue weighted by Gasteiger charge is 2.37. The lowest BCUT2D eigenvalue weighted by Gasteiger charge is -2.40. The summed E-state index contributed by atoms with van der Waals surface area (Å²) < 4.78 is 5.33. The van der Waals surface area contributed by atoms with Crippen molar-refractivity contribution in [3.63, 3.8) is 0 Å². The fraction of sp³-hybridized carbons (Fsp3) is 0.818. The number of hydrogen-bond acceptors (Lipinski definition) is 3. The number of carbonyl (C=O) groups excluding carboxylic acids is 1. The van der Waals surface area contributed by atoms with Gasteiger partial charge in [0.2, 0.25) is 5.91 Å². The maximum Gasteiger partial charge on any atom is 0.306 e. The van der Waals surface area contributed by atoms with Gasteiger partial charge < -0.3 is 14.7 Å². The van der Waals surface area contributed by atoms with E-state index in [9.17, 15) is 9.59 Å². The minimum absolute atomic E-state index is 0.0174. The summed E-state index contributed by atoms with van der Waals surface area (Å²) in [5.41, 5.74) is -0.755. The molecule has 0 spiro atoms. The van der Waals surface area contributed by atoms with Crippen LogP contribution >= 0.6 is 0 Å². The highest BCUT2D eigenvalue weighted by atomic mass is 16.5. The van der Waals surface area contributed by atoms with Crippen LogP contribution in [0.25, 0.3) is 0 Å². The van der Waals surface area contributed by atoms with Gasteiger partial charge in [-0.15, -0.1) is 0 Å². The fourth-order valence-corrected chi connectivity index (χ4v) is 1.90. The van der Waals surface area contributed by atoms with E-state index in [2.05, 4.69) is 0 Å². The Kier molecular flexibility index (Phi) is 3.91. The average molecular weight is 229 g/mol. The standard InChI is InChI=1S/C11H19NO4/c1-8(2)5-12-7-11(3,4-10(14)15)16-6-9(12)13/h8H,4-7H2,1-3H3,(H,14,15). The molecule has 0 bridgehead atoms. The zero-order valence-corrected chi connectivity index (χ0v) is 10.0. The Morgan fingerprint density at radius 2 is 2.25 bits per heavy atom. The van der Waals surface area contributed by atoms with Crippen LogP contribution in [0.1, 0.15) is 27.2 Å². The van der Waals surface area contributed by atoms with Crippen LogP contribution in [0.3, 0.4) is 0 Å². The third-order valence-electron chi connectivity index (χ3n) is 2.53. The van der Waals surface area contributed by atoms with Crippen molar-refractivity contribution in [1.82, 2.24) is 4.90 Å². The molecule has 0 saturated carbocycles. The number of hydrogen-bond donors (Lipinski definition) is 1. The molecule has 5 nitrogen and oxygen atoms in total. The summed E-state index contributed by atoms with van der Waals surface area (Å²) in [6.07, 6.45) is -0.0745. The summed E-state index contributed by atoms with van der Waals surface area (Å²) >= 11 is 0. The van der Waals surface area contributed by atoms with Crippen molar-refractivity contribution < 1.29 is 19.4 Å². The molecule has 0 radical (unpaired) electrons. The molecule has 0 aromatic heterocycles. The van der Waals surface area contributed by atoms with Gasteiger partial charge in [-0.05, 0) is 12.8 Å². The van der Waals surface area contributed by atoms with Crippen molar-refractivity contribution in [1.29, 1.82) is 0 Å². The van der Waals surface area contributed by atoms with E-state index in [0.29, 0.717) is 19.0 Å². The van der Waals surface area contributed by atoms with Gasteiger partial charge in [0.05, 0.1) is 18.6 Å². The lowest BCUT2D eigenvalue weighted by atomic mass is 9.99. The zero-order valence-electron chi connectivity index (χ0n) is 10.0. The first-order chi connectivity index (χ1) is 7.32. The van der Waals surface area contributed by atoms with E-state index in [0.717, 1.165) is 0 Å². The van der Waals surface area contributed by atoms with Crippen LogP contribution in [0.2, 0.25) is 0 Å². The van der Waals surface area contributed by atoms with E-state index < -0.39 is 11.6 Å². The highest BCUT2D eigenvalue weighted by molar-refractivity contribution is 5.78. The summed E-state index contributed by atoms with van der Waals surface area (Å²) in [4.78, 5) is 23.9. The monoisotopic (exact) mass is 229 g/mol. The molecular weight excluding hydrogens is 210 g/mol. The van der Waals surface area contributed by atoms with Crippen molar-refractivity contribution in [2.45, 2.75) is 32.8 Å². The Morgan fingerprint density at radius 3 is 2.75 bits per heavy atom. The number of amides is 1. The lowest BCUT2D eigenvalue weighted by Crippen LogP contribution is -2.54. The van der Waals surface area contributed by atoms with Crippen molar-refractivity contribution in [2.24, 2.45) is 5.92 Å². The molecule has 1 N–H and O–H groups in total. The molecule has 1 rings (SSSR count). The van der Waals surface area contributed by atoms with E-state index in [1.165, 1.54) is 0 Å². The van der Waals surface area contributed by atoms with Crippen LogP contribution in [0.5, 0.6) is 0 Å². The molecule has 1 amide bonds. The Morgan fingerprint density at radius 1 is 1.62 bits per heavy atom. The number of rotatable bonds is 4. The molecule has 92 valence electrons. The number of morpholine rings is 1. The summed E-state index contributed by atoms with van der Waals surface area (Å²) in [7, 11) is 0. The first-order valence-electron chi connectivity index (χ1n) is 5.46. The summed E-state index contributed by atoms with van der Waals surface area (Å²) in [6, 6.07) is 0. The van der Waals surface area contributed by atoms with E-state index in [1.54, 1.807) is 11.8 Å². The van der Waals surface area contributed by atoms with Gasteiger partial charge in [0.25, 0.3) is 0 Å². The van der Waals surface area contributed by atoms with Crippen LogP contribution in [-0.4, -0.2) is 47.2 Å². The molecular formula is C11H19NO4. The van der Waals surface area contributed by atoms with Gasteiger partial charge in [0, 0.05) is 6.54 Å². The Bertz CT molecular complexity index is 290. The molecule has 0 aliphatic carbocycles. The molecule has 5 heteroatoms. The molecule has 1 atom stereocenters. The molecule has 1 saturated heterocycles. The topological polar surface area (TPSA) is 66.8 Å². The summed E-state index contributed by atoms with van der Waals surface area (Å²) in [6.45, 7) is 6.78. The summed E-state index contributed by atoms with van der Waals surface area (Å²) in [5, 5.41) is 8.78. The van der Waals surface area contributed by atoms with E-state index >= 15 is 0 Å². The average Bonchev–Trinajstić information content (AvgIpc) is 2.09. The first-order valence-corrected chi connectivity index (χ1v) is 5.46. The Labute approximate surface area is 95.4 Å². The van der Waals surface area contributed by atoms with Crippen molar-refractivity contribution in [2.75, 3.05) is 19.7 Å². The smallest absolute Gasteiger partial charge is 0.306 e. The van der Waals surface area contributed by atoms with Crippen LogP contribution in [0, 0.1) is 5.92 Å². The van der Waals surface area contributed by atoms with Gasteiger partial charge in [-0.2, -0.15) is 0 Å². The van der Waals surface area contributed by atoms with Gasteiger partial charge in [0.1, 0.15) is 6.61 Å². The molecule has 1 fully saturated rings. The van der Waals surface area contributed by atoms with Crippen LogP contribution in [0.4, 0.5) is 0 Å². The lowest BCUT2D eigenvalue weighted by molar-refractivity contribution is -0.169. The van der Waals surface area contributed by atoms with E-state index in [4.69, 9.17) is 9.84 Å². The van der Waals surface area contributed by atoms with Crippen molar-refractivity contribution in [3.8, 4) is 0 Å². The van der Waals surface area contributed by atoms with Crippen molar-refractivity contribution >= 4 is 11.9 Å². The molecule has 1 aliphatic rings. The van der Waals surface area contributed by atoms with Crippen LogP contribution in [0.15, 0.2) is 0 Å². The number of carboxylic acids is 1. The van der Waals surface area contributed by atoms with Gasteiger partial charge in [-0.3, -0.25) is 9.59 Å². The van der Waals surface area contributed by atoms with Crippen LogP contribution in [-0.2, 0) is 14.3 Å². The summed E-state index contributed by atoms with van der Waals surface area (Å²) in [5.74, 6) is -0.589. The van der Waals surface area contributed by atoms with E-state index in [-0.39, 0.29) is 18.9 Å². The quantitative estimate of drug-likeness (QED) is 0.772. The predicted octanol–water partition coefficient (Wildman–Crippen LogP) is 0.735. The minimum atomic E-state index is -0.902. The normalized spacial score (nSPS) is 26.2. The second kappa shape index (κ2) is 4.82. The molecule has 0 aromatic carbocycles. The van der Waals surface area contributed by atoms with Crippen LogP contribution < -0.4 is 0 Å². The van der Waals surface area contributed by atoms with Gasteiger partial charge in [-0.1, -0.05) is 13.8 Å². The second-order valence-corrected chi connectivity index (χ2v) is 4.98. The first kappa shape index (κ1) is 13.0. The Balaban J connectivity index is 2.65. The zero-order chi connectivity index (χ0) is 12.3. The minimum Gasteiger partial charge on any atom is -0.481 e. The fourth-order valence-electron chi connectivity index (χ4n) is 1.90. The molecule has 16 heavy (non-hydrogen) atoms. The number of aliphatic carboxylic acids is 1. The van der Waals surface area contributed by atoms with E-state index in [1.807, 2.05) is 13.8 Å². The number of carbonyl (C=O) groups is 2. The number of carboxylic acid groups (broad SMARTS) is 1. The number of nitrogens with zero attached hydrogens (tertiary/aromatic N) is 1. The molecule has 1 unspecified atom stereocenters. The molecule has 1 heterocycles. The molecule has 0 aromatic rings.